The van der Waals surface area contributed by atoms with E-state index in [9.17, 15) is 9.18 Å². The Hall–Kier alpha value is -2.16. The molecule has 0 saturated heterocycles. The van der Waals surface area contributed by atoms with Gasteiger partial charge in [-0.15, -0.1) is 0 Å². The summed E-state index contributed by atoms with van der Waals surface area (Å²) in [6.07, 6.45) is 1.66. The van der Waals surface area contributed by atoms with Crippen LogP contribution < -0.4 is 4.74 Å². The van der Waals surface area contributed by atoms with Gasteiger partial charge in [0.2, 0.25) is 0 Å². The molecule has 0 bridgehead atoms. The second-order valence-corrected chi connectivity index (χ2v) is 4.26. The molecule has 98 valence electrons. The van der Waals surface area contributed by atoms with Crippen molar-refractivity contribution in [3.8, 4) is 5.75 Å². The fraction of sp³-hybridized carbons (Fsp3) is 0.188. The van der Waals surface area contributed by atoms with Gasteiger partial charge >= 0.3 is 0 Å². The Morgan fingerprint density at radius 1 is 1.11 bits per heavy atom. The number of hydrogen-bond acceptors (Lipinski definition) is 2. The van der Waals surface area contributed by atoms with Gasteiger partial charge < -0.3 is 4.74 Å². The van der Waals surface area contributed by atoms with Crippen molar-refractivity contribution in [3.05, 3.63) is 65.0 Å². The molecule has 0 fully saturated rings. The van der Waals surface area contributed by atoms with Crippen molar-refractivity contribution in [3.63, 3.8) is 0 Å². The zero-order valence-electron chi connectivity index (χ0n) is 10.7. The highest BCUT2D eigenvalue weighted by Crippen LogP contribution is 2.20. The number of halogens is 1. The van der Waals surface area contributed by atoms with Crippen LogP contribution in [0.2, 0.25) is 0 Å². The molecule has 0 unspecified atom stereocenters. The lowest BCUT2D eigenvalue weighted by Gasteiger charge is -2.09. The first-order valence-corrected chi connectivity index (χ1v) is 6.18. The number of aldehydes is 1. The molecule has 0 aliphatic rings. The molecule has 2 aromatic rings. The molecule has 0 heterocycles. The molecule has 0 saturated carbocycles. The molecule has 2 aromatic carbocycles. The van der Waals surface area contributed by atoms with E-state index in [1.54, 1.807) is 18.2 Å². The molecule has 0 atom stereocenters. The predicted molar refractivity (Wildman–Crippen MR) is 71.9 cm³/mol. The molecule has 0 radical (unpaired) electrons. The third-order valence-electron chi connectivity index (χ3n) is 2.92. The fourth-order valence-electron chi connectivity index (χ4n) is 1.78. The monoisotopic (exact) mass is 258 g/mol. The summed E-state index contributed by atoms with van der Waals surface area (Å²) in [7, 11) is 0. The van der Waals surface area contributed by atoms with E-state index in [1.807, 2.05) is 19.1 Å². The molecular weight excluding hydrogens is 243 g/mol. The van der Waals surface area contributed by atoms with Crippen LogP contribution in [0.1, 0.15) is 28.4 Å². The molecule has 0 aromatic heterocycles. The first-order chi connectivity index (χ1) is 9.22. The van der Waals surface area contributed by atoms with Gasteiger partial charge in [0.15, 0.2) is 6.29 Å². The third-order valence-corrected chi connectivity index (χ3v) is 2.92. The van der Waals surface area contributed by atoms with Crippen LogP contribution in [0.15, 0.2) is 42.5 Å². The van der Waals surface area contributed by atoms with Crippen molar-refractivity contribution in [2.75, 3.05) is 0 Å². The van der Waals surface area contributed by atoms with Gasteiger partial charge in [-0.1, -0.05) is 25.1 Å². The SMILES string of the molecule is CCc1ccc(OCc2ccc(F)cc2)c(C=O)c1. The van der Waals surface area contributed by atoms with Gasteiger partial charge in [-0.3, -0.25) is 4.79 Å². The Morgan fingerprint density at radius 3 is 2.42 bits per heavy atom. The van der Waals surface area contributed by atoms with Crippen molar-refractivity contribution >= 4 is 6.29 Å². The largest absolute Gasteiger partial charge is 0.488 e. The van der Waals surface area contributed by atoms with E-state index >= 15 is 0 Å². The summed E-state index contributed by atoms with van der Waals surface area (Å²) in [5, 5.41) is 0. The summed E-state index contributed by atoms with van der Waals surface area (Å²) in [5.41, 5.74) is 2.50. The lowest BCUT2D eigenvalue weighted by Crippen LogP contribution is -1.99. The van der Waals surface area contributed by atoms with Crippen LogP contribution in [0.5, 0.6) is 5.75 Å². The van der Waals surface area contributed by atoms with Gasteiger partial charge in [0.1, 0.15) is 18.2 Å². The average Bonchev–Trinajstić information content (AvgIpc) is 2.46. The number of aryl methyl sites for hydroxylation is 1. The van der Waals surface area contributed by atoms with Gasteiger partial charge in [0.05, 0.1) is 5.56 Å². The Kier molecular flexibility index (Phi) is 4.29. The van der Waals surface area contributed by atoms with E-state index in [4.69, 9.17) is 4.74 Å². The van der Waals surface area contributed by atoms with Crippen LogP contribution in [0, 0.1) is 5.82 Å². The Morgan fingerprint density at radius 2 is 1.79 bits per heavy atom. The summed E-state index contributed by atoms with van der Waals surface area (Å²) in [6.45, 7) is 2.34. The molecule has 0 aliphatic heterocycles. The standard InChI is InChI=1S/C16H15FO2/c1-2-12-5-8-16(14(9-12)10-18)19-11-13-3-6-15(17)7-4-13/h3-10H,2,11H2,1H3. The van der Waals surface area contributed by atoms with Gasteiger partial charge in [0, 0.05) is 0 Å². The summed E-state index contributed by atoms with van der Waals surface area (Å²) in [4.78, 5) is 11.0. The maximum atomic E-state index is 12.8. The molecule has 2 nitrogen and oxygen atoms in total. The summed E-state index contributed by atoms with van der Waals surface area (Å²) >= 11 is 0. The Bertz CT molecular complexity index is 561. The molecule has 3 heteroatoms. The molecular formula is C16H15FO2. The average molecular weight is 258 g/mol. The van der Waals surface area contributed by atoms with Crippen molar-refractivity contribution in [1.82, 2.24) is 0 Å². The van der Waals surface area contributed by atoms with Crippen LogP contribution in [0.3, 0.4) is 0 Å². The van der Waals surface area contributed by atoms with Crippen LogP contribution in [-0.2, 0) is 13.0 Å². The van der Waals surface area contributed by atoms with Gasteiger partial charge in [-0.05, 0) is 41.8 Å². The lowest BCUT2D eigenvalue weighted by atomic mass is 10.1. The van der Waals surface area contributed by atoms with Crippen molar-refractivity contribution in [2.24, 2.45) is 0 Å². The molecule has 0 aliphatic carbocycles. The second-order valence-electron chi connectivity index (χ2n) is 4.26. The van der Waals surface area contributed by atoms with Crippen LogP contribution in [-0.4, -0.2) is 6.29 Å². The van der Waals surface area contributed by atoms with E-state index in [-0.39, 0.29) is 5.82 Å². The number of ether oxygens (including phenoxy) is 1. The minimum absolute atomic E-state index is 0.273. The smallest absolute Gasteiger partial charge is 0.153 e. The van der Waals surface area contributed by atoms with Gasteiger partial charge in [0.25, 0.3) is 0 Å². The van der Waals surface area contributed by atoms with E-state index in [2.05, 4.69) is 0 Å². The van der Waals surface area contributed by atoms with Crippen molar-refractivity contribution in [2.45, 2.75) is 20.0 Å². The van der Waals surface area contributed by atoms with E-state index < -0.39 is 0 Å². The number of benzene rings is 2. The maximum Gasteiger partial charge on any atom is 0.153 e. The molecule has 0 amide bonds. The van der Waals surface area contributed by atoms with Crippen molar-refractivity contribution in [1.29, 1.82) is 0 Å². The summed E-state index contributed by atoms with van der Waals surface area (Å²) in [5.74, 6) is 0.279. The maximum absolute atomic E-state index is 12.8. The fourth-order valence-corrected chi connectivity index (χ4v) is 1.78. The van der Waals surface area contributed by atoms with Crippen LogP contribution in [0.25, 0.3) is 0 Å². The van der Waals surface area contributed by atoms with Crippen LogP contribution >= 0.6 is 0 Å². The van der Waals surface area contributed by atoms with Crippen LogP contribution in [0.4, 0.5) is 4.39 Å². The van der Waals surface area contributed by atoms with E-state index in [0.717, 1.165) is 23.8 Å². The molecule has 0 spiro atoms. The zero-order chi connectivity index (χ0) is 13.7. The minimum atomic E-state index is -0.273. The normalized spacial score (nSPS) is 10.2. The predicted octanol–water partition coefficient (Wildman–Crippen LogP) is 3.78. The third kappa shape index (κ3) is 3.41. The van der Waals surface area contributed by atoms with Crippen molar-refractivity contribution < 1.29 is 13.9 Å². The number of rotatable bonds is 5. The Balaban J connectivity index is 2.10. The van der Waals surface area contributed by atoms with Gasteiger partial charge in [-0.2, -0.15) is 0 Å². The highest BCUT2D eigenvalue weighted by atomic mass is 19.1. The number of carbonyl (C=O) groups is 1. The number of hydrogen-bond donors (Lipinski definition) is 0. The quantitative estimate of drug-likeness (QED) is 0.763. The first kappa shape index (κ1) is 13.3. The molecule has 0 N–H and O–H groups in total. The first-order valence-electron chi connectivity index (χ1n) is 6.18. The van der Waals surface area contributed by atoms with Gasteiger partial charge in [-0.25, -0.2) is 4.39 Å². The summed E-state index contributed by atoms with van der Waals surface area (Å²) in [6, 6.07) is 11.7. The molecule has 19 heavy (non-hydrogen) atoms. The highest BCUT2D eigenvalue weighted by Gasteiger charge is 2.04. The number of carbonyl (C=O) groups excluding carboxylic acids is 1. The van der Waals surface area contributed by atoms with E-state index in [0.29, 0.717) is 17.9 Å². The summed E-state index contributed by atoms with van der Waals surface area (Å²) < 4.78 is 18.4. The molecule has 2 rings (SSSR count). The Labute approximate surface area is 111 Å². The highest BCUT2D eigenvalue weighted by molar-refractivity contribution is 5.79. The second kappa shape index (κ2) is 6.14. The zero-order valence-corrected chi connectivity index (χ0v) is 10.7. The lowest BCUT2D eigenvalue weighted by molar-refractivity contribution is 0.111. The topological polar surface area (TPSA) is 26.3 Å². The van der Waals surface area contributed by atoms with E-state index in [1.165, 1.54) is 12.1 Å². The minimum Gasteiger partial charge on any atom is -0.488 e.